The van der Waals surface area contributed by atoms with Crippen LogP contribution in [0.25, 0.3) is 0 Å². The molecule has 0 bridgehead atoms. The lowest BCUT2D eigenvalue weighted by Gasteiger charge is -2.33. The maximum absolute atomic E-state index is 11.7. The fraction of sp³-hybridized carbons (Fsp3) is 0.556. The van der Waals surface area contributed by atoms with Crippen LogP contribution in [0, 0.1) is 17.2 Å². The van der Waals surface area contributed by atoms with Crippen molar-refractivity contribution in [1.29, 1.82) is 5.26 Å². The predicted molar refractivity (Wildman–Crippen MR) is 90.8 cm³/mol. The minimum atomic E-state index is -0.0908. The van der Waals surface area contributed by atoms with E-state index in [9.17, 15) is 10.1 Å². The van der Waals surface area contributed by atoms with Crippen LogP contribution in [-0.2, 0) is 6.54 Å². The second-order valence-electron chi connectivity index (χ2n) is 6.52. The molecule has 1 aliphatic heterocycles. The Morgan fingerprint density at radius 3 is 2.96 bits per heavy atom. The molecule has 23 heavy (non-hydrogen) atoms. The molecule has 0 unspecified atom stereocenters. The molecule has 0 aromatic heterocycles. The molecule has 1 heterocycles. The van der Waals surface area contributed by atoms with Gasteiger partial charge in [0.2, 0.25) is 0 Å². The summed E-state index contributed by atoms with van der Waals surface area (Å²) in [5.41, 5.74) is 1.84. The number of piperidine rings is 1. The number of carbonyl (C=O) groups excluding carboxylic acids is 1. The molecule has 2 rings (SSSR count). The largest absolute Gasteiger partial charge is 0.338 e. The molecule has 0 radical (unpaired) electrons. The van der Waals surface area contributed by atoms with E-state index >= 15 is 0 Å². The number of carbonyl (C=O) groups is 1. The number of hydrogen-bond donors (Lipinski definition) is 2. The zero-order valence-electron chi connectivity index (χ0n) is 14.0. The van der Waals surface area contributed by atoms with Gasteiger partial charge in [-0.25, -0.2) is 4.79 Å². The van der Waals surface area contributed by atoms with Crippen molar-refractivity contribution < 1.29 is 4.79 Å². The second kappa shape index (κ2) is 8.54. The van der Waals surface area contributed by atoms with Gasteiger partial charge in [-0.3, -0.25) is 4.90 Å². The SMILES string of the molecule is CC(C)NC(=O)NC[C@H]1CCCN(Cc2ccccc2C#N)C1. The van der Waals surface area contributed by atoms with Crippen molar-refractivity contribution in [2.24, 2.45) is 5.92 Å². The van der Waals surface area contributed by atoms with Crippen LogP contribution in [0.2, 0.25) is 0 Å². The van der Waals surface area contributed by atoms with Gasteiger partial charge in [0.05, 0.1) is 11.6 Å². The van der Waals surface area contributed by atoms with Crippen LogP contribution < -0.4 is 10.6 Å². The van der Waals surface area contributed by atoms with E-state index in [0.717, 1.165) is 43.6 Å². The summed E-state index contributed by atoms with van der Waals surface area (Å²) >= 11 is 0. The number of urea groups is 1. The number of nitrogens with zero attached hydrogens (tertiary/aromatic N) is 2. The summed E-state index contributed by atoms with van der Waals surface area (Å²) in [6, 6.07) is 10.1. The molecule has 124 valence electrons. The number of likely N-dealkylation sites (tertiary alicyclic amines) is 1. The van der Waals surface area contributed by atoms with Gasteiger partial charge in [0.25, 0.3) is 0 Å². The summed E-state index contributed by atoms with van der Waals surface area (Å²) in [6.45, 7) is 7.42. The third-order valence-electron chi connectivity index (χ3n) is 4.11. The number of hydrogen-bond acceptors (Lipinski definition) is 3. The molecule has 1 saturated heterocycles. The minimum Gasteiger partial charge on any atom is -0.338 e. The molecule has 1 aromatic carbocycles. The topological polar surface area (TPSA) is 68.2 Å². The molecule has 1 aliphatic rings. The van der Waals surface area contributed by atoms with Gasteiger partial charge < -0.3 is 10.6 Å². The first-order chi connectivity index (χ1) is 11.1. The zero-order chi connectivity index (χ0) is 16.7. The van der Waals surface area contributed by atoms with Gasteiger partial charge in [-0.2, -0.15) is 5.26 Å². The van der Waals surface area contributed by atoms with Crippen molar-refractivity contribution >= 4 is 6.03 Å². The van der Waals surface area contributed by atoms with Crippen LogP contribution in [0.5, 0.6) is 0 Å². The van der Waals surface area contributed by atoms with E-state index in [-0.39, 0.29) is 12.1 Å². The number of nitriles is 1. The lowest BCUT2D eigenvalue weighted by Crippen LogP contribution is -2.45. The fourth-order valence-corrected chi connectivity index (χ4v) is 3.02. The van der Waals surface area contributed by atoms with E-state index in [1.54, 1.807) is 0 Å². The number of rotatable bonds is 5. The van der Waals surface area contributed by atoms with Crippen molar-refractivity contribution in [3.8, 4) is 6.07 Å². The van der Waals surface area contributed by atoms with Gasteiger partial charge in [0, 0.05) is 25.7 Å². The summed E-state index contributed by atoms with van der Waals surface area (Å²) in [4.78, 5) is 14.1. The highest BCUT2D eigenvalue weighted by atomic mass is 16.2. The Morgan fingerprint density at radius 1 is 1.43 bits per heavy atom. The lowest BCUT2D eigenvalue weighted by atomic mass is 9.97. The Hall–Kier alpha value is -2.06. The summed E-state index contributed by atoms with van der Waals surface area (Å²) < 4.78 is 0. The molecule has 1 fully saturated rings. The standard InChI is InChI=1S/C18H26N4O/c1-14(2)21-18(23)20-11-15-6-5-9-22(12-15)13-17-8-4-3-7-16(17)10-19/h3-4,7-8,14-15H,5-6,9,11-13H2,1-2H3,(H2,20,21,23)/t15-/m1/s1. The van der Waals surface area contributed by atoms with Gasteiger partial charge >= 0.3 is 6.03 Å². The van der Waals surface area contributed by atoms with Crippen molar-refractivity contribution in [3.63, 3.8) is 0 Å². The van der Waals surface area contributed by atoms with Crippen LogP contribution in [0.1, 0.15) is 37.8 Å². The highest BCUT2D eigenvalue weighted by molar-refractivity contribution is 5.74. The van der Waals surface area contributed by atoms with Crippen LogP contribution in [0.4, 0.5) is 4.79 Å². The number of benzene rings is 1. The lowest BCUT2D eigenvalue weighted by molar-refractivity contribution is 0.165. The molecule has 5 heteroatoms. The van der Waals surface area contributed by atoms with E-state index in [4.69, 9.17) is 0 Å². The molecular formula is C18H26N4O. The zero-order valence-corrected chi connectivity index (χ0v) is 14.0. The summed E-state index contributed by atoms with van der Waals surface area (Å²) in [6.07, 6.45) is 2.27. The molecule has 2 N–H and O–H groups in total. The van der Waals surface area contributed by atoms with Crippen molar-refractivity contribution in [2.45, 2.75) is 39.3 Å². The molecule has 1 atom stereocenters. The van der Waals surface area contributed by atoms with Crippen molar-refractivity contribution in [3.05, 3.63) is 35.4 Å². The van der Waals surface area contributed by atoms with Gasteiger partial charge in [-0.15, -0.1) is 0 Å². The normalized spacial score (nSPS) is 18.4. The van der Waals surface area contributed by atoms with Crippen LogP contribution in [-0.4, -0.2) is 36.6 Å². The highest BCUT2D eigenvalue weighted by Gasteiger charge is 2.21. The first-order valence-electron chi connectivity index (χ1n) is 8.33. The van der Waals surface area contributed by atoms with Gasteiger partial charge in [-0.05, 0) is 50.8 Å². The van der Waals surface area contributed by atoms with E-state index < -0.39 is 0 Å². The number of nitrogens with one attached hydrogen (secondary N) is 2. The van der Waals surface area contributed by atoms with Gasteiger partial charge in [0.1, 0.15) is 0 Å². The maximum Gasteiger partial charge on any atom is 0.314 e. The van der Waals surface area contributed by atoms with Gasteiger partial charge in [0.15, 0.2) is 0 Å². The van der Waals surface area contributed by atoms with E-state index in [1.807, 2.05) is 38.1 Å². The Kier molecular flexibility index (Phi) is 6.42. The van der Waals surface area contributed by atoms with E-state index in [0.29, 0.717) is 12.5 Å². The van der Waals surface area contributed by atoms with Crippen molar-refractivity contribution in [2.75, 3.05) is 19.6 Å². The third kappa shape index (κ3) is 5.57. The quantitative estimate of drug-likeness (QED) is 0.877. The minimum absolute atomic E-state index is 0.0908. The summed E-state index contributed by atoms with van der Waals surface area (Å²) in [5.74, 6) is 0.468. The highest BCUT2D eigenvalue weighted by Crippen LogP contribution is 2.19. The van der Waals surface area contributed by atoms with Crippen LogP contribution >= 0.6 is 0 Å². The monoisotopic (exact) mass is 314 g/mol. The van der Waals surface area contributed by atoms with E-state index in [2.05, 4.69) is 21.6 Å². The molecule has 5 nitrogen and oxygen atoms in total. The predicted octanol–water partition coefficient (Wildman–Crippen LogP) is 2.48. The molecule has 0 saturated carbocycles. The molecule has 1 aromatic rings. The summed E-state index contributed by atoms with van der Waals surface area (Å²) in [5, 5.41) is 15.0. The molecule has 2 amide bonds. The number of amides is 2. The molecule has 0 aliphatic carbocycles. The molecule has 0 spiro atoms. The Morgan fingerprint density at radius 2 is 2.22 bits per heavy atom. The van der Waals surface area contributed by atoms with Gasteiger partial charge in [-0.1, -0.05) is 18.2 Å². The third-order valence-corrected chi connectivity index (χ3v) is 4.11. The van der Waals surface area contributed by atoms with Crippen LogP contribution in [0.15, 0.2) is 24.3 Å². The van der Waals surface area contributed by atoms with Crippen molar-refractivity contribution in [1.82, 2.24) is 15.5 Å². The Labute approximate surface area is 138 Å². The Bertz CT molecular complexity index is 564. The fourth-order valence-electron chi connectivity index (χ4n) is 3.02. The molecular weight excluding hydrogens is 288 g/mol. The van der Waals surface area contributed by atoms with E-state index in [1.165, 1.54) is 0 Å². The average Bonchev–Trinajstić information content (AvgIpc) is 2.53. The average molecular weight is 314 g/mol. The smallest absolute Gasteiger partial charge is 0.314 e. The Balaban J connectivity index is 1.84. The van der Waals surface area contributed by atoms with Crippen LogP contribution in [0.3, 0.4) is 0 Å². The second-order valence-corrected chi connectivity index (χ2v) is 6.52. The first kappa shape index (κ1) is 17.3. The summed E-state index contributed by atoms with van der Waals surface area (Å²) in [7, 11) is 0. The first-order valence-corrected chi connectivity index (χ1v) is 8.33. The maximum atomic E-state index is 11.7.